The number of carbonyl (C=O) groups is 2. The minimum Gasteiger partial charge on any atom is -0.458 e. The summed E-state index contributed by atoms with van der Waals surface area (Å²) in [6.45, 7) is 4.93. The van der Waals surface area contributed by atoms with E-state index in [2.05, 4.69) is 25.2 Å². The Labute approximate surface area is 220 Å². The van der Waals surface area contributed by atoms with Gasteiger partial charge in [-0.15, -0.1) is 0 Å². The Kier molecular flexibility index (Phi) is 6.25. The van der Waals surface area contributed by atoms with Crippen LogP contribution in [-0.2, 0) is 4.74 Å². The lowest BCUT2D eigenvalue weighted by atomic mass is 9.48. The van der Waals surface area contributed by atoms with E-state index in [9.17, 15) is 9.59 Å². The van der Waals surface area contributed by atoms with Crippen LogP contribution >= 0.6 is 0 Å². The first kappa shape index (κ1) is 24.5. The van der Waals surface area contributed by atoms with Gasteiger partial charge in [0.15, 0.2) is 0 Å². The van der Waals surface area contributed by atoms with Crippen LogP contribution in [0.3, 0.4) is 0 Å². The number of esters is 1. The highest BCUT2D eigenvalue weighted by molar-refractivity contribution is 5.94. The number of rotatable bonds is 4. The highest BCUT2D eigenvalue weighted by Gasteiger charge is 2.59. The van der Waals surface area contributed by atoms with Crippen LogP contribution < -0.4 is 5.32 Å². The lowest BCUT2D eigenvalue weighted by Gasteiger charge is -2.58. The molecule has 37 heavy (non-hydrogen) atoms. The third-order valence-electron chi connectivity index (χ3n) is 10.7. The molecule has 3 saturated carbocycles. The first-order valence-electron chi connectivity index (χ1n) is 14.2. The number of allylic oxidation sites excluding steroid dienone is 1. The van der Waals surface area contributed by atoms with Crippen molar-refractivity contribution >= 4 is 11.9 Å². The van der Waals surface area contributed by atoms with Crippen molar-refractivity contribution in [3.05, 3.63) is 83.4 Å². The number of benzene rings is 2. The SMILES string of the molecule is C[C@]12CC[C@H](OC(=O)c3ccccc3)CC1=CCC1C2CC[C@@]2(C)C1CC[C@@H]2NC(=O)c1ccccc1. The van der Waals surface area contributed by atoms with Crippen LogP contribution in [0.2, 0.25) is 0 Å². The largest absolute Gasteiger partial charge is 0.458 e. The van der Waals surface area contributed by atoms with Crippen molar-refractivity contribution in [3.63, 3.8) is 0 Å². The fourth-order valence-corrected chi connectivity index (χ4v) is 8.59. The first-order chi connectivity index (χ1) is 17.9. The third-order valence-corrected chi connectivity index (χ3v) is 10.7. The fourth-order valence-electron chi connectivity index (χ4n) is 8.59. The Bertz CT molecular complexity index is 1190. The van der Waals surface area contributed by atoms with E-state index in [1.165, 1.54) is 24.8 Å². The summed E-state index contributed by atoms with van der Waals surface area (Å²) in [5.74, 6) is 1.87. The molecule has 4 nitrogen and oxygen atoms in total. The molecule has 3 fully saturated rings. The Morgan fingerprint density at radius 3 is 2.27 bits per heavy atom. The maximum atomic E-state index is 13.0. The summed E-state index contributed by atoms with van der Waals surface area (Å²) in [5.41, 5.74) is 3.27. The molecular formula is C33H39NO3. The minimum atomic E-state index is -0.202. The Balaban J connectivity index is 1.15. The van der Waals surface area contributed by atoms with Gasteiger partial charge in [-0.25, -0.2) is 4.79 Å². The van der Waals surface area contributed by atoms with Gasteiger partial charge in [-0.1, -0.05) is 61.9 Å². The van der Waals surface area contributed by atoms with E-state index in [1.807, 2.05) is 60.7 Å². The van der Waals surface area contributed by atoms with E-state index >= 15 is 0 Å². The number of amides is 1. The van der Waals surface area contributed by atoms with Gasteiger partial charge >= 0.3 is 5.97 Å². The van der Waals surface area contributed by atoms with E-state index < -0.39 is 0 Å². The zero-order valence-corrected chi connectivity index (χ0v) is 22.1. The summed E-state index contributed by atoms with van der Waals surface area (Å²) in [4.78, 5) is 25.6. The molecule has 2 aromatic rings. The van der Waals surface area contributed by atoms with Gasteiger partial charge in [0.25, 0.3) is 5.91 Å². The monoisotopic (exact) mass is 497 g/mol. The summed E-state index contributed by atoms with van der Waals surface area (Å²) in [5, 5.41) is 3.43. The molecule has 0 heterocycles. The van der Waals surface area contributed by atoms with Gasteiger partial charge in [0.05, 0.1) is 5.56 Å². The first-order valence-corrected chi connectivity index (χ1v) is 14.2. The molecule has 1 amide bonds. The predicted molar refractivity (Wildman–Crippen MR) is 145 cm³/mol. The van der Waals surface area contributed by atoms with Crippen LogP contribution in [0, 0.1) is 28.6 Å². The van der Waals surface area contributed by atoms with Crippen molar-refractivity contribution in [1.29, 1.82) is 0 Å². The van der Waals surface area contributed by atoms with Gasteiger partial charge < -0.3 is 10.1 Å². The van der Waals surface area contributed by atoms with Crippen LogP contribution in [0.4, 0.5) is 0 Å². The van der Waals surface area contributed by atoms with Crippen molar-refractivity contribution in [2.24, 2.45) is 28.6 Å². The molecular weight excluding hydrogens is 458 g/mol. The number of carbonyl (C=O) groups excluding carboxylic acids is 2. The van der Waals surface area contributed by atoms with Gasteiger partial charge in [-0.05, 0) is 97.8 Å². The molecule has 0 spiro atoms. The van der Waals surface area contributed by atoms with Crippen LogP contribution in [-0.4, -0.2) is 24.0 Å². The maximum Gasteiger partial charge on any atom is 0.338 e. The van der Waals surface area contributed by atoms with Crippen molar-refractivity contribution in [1.82, 2.24) is 5.32 Å². The van der Waals surface area contributed by atoms with E-state index in [0.717, 1.165) is 37.7 Å². The second kappa shape index (κ2) is 9.45. The molecule has 7 atom stereocenters. The number of nitrogens with one attached hydrogen (secondary N) is 1. The molecule has 4 aliphatic rings. The predicted octanol–water partition coefficient (Wildman–Crippen LogP) is 6.97. The van der Waals surface area contributed by atoms with E-state index in [1.54, 1.807) is 0 Å². The molecule has 4 aliphatic carbocycles. The Morgan fingerprint density at radius 2 is 1.54 bits per heavy atom. The van der Waals surface area contributed by atoms with Crippen LogP contribution in [0.5, 0.6) is 0 Å². The van der Waals surface area contributed by atoms with Crippen LogP contribution in [0.1, 0.15) is 85.9 Å². The highest BCUT2D eigenvalue weighted by atomic mass is 16.5. The Hall–Kier alpha value is -2.88. The lowest BCUT2D eigenvalue weighted by Crippen LogP contribution is -2.54. The molecule has 4 heteroatoms. The van der Waals surface area contributed by atoms with Crippen LogP contribution in [0.25, 0.3) is 0 Å². The van der Waals surface area contributed by atoms with Gasteiger partial charge in [0.1, 0.15) is 6.10 Å². The molecule has 0 aromatic heterocycles. The molecule has 0 bridgehead atoms. The average molecular weight is 498 g/mol. The van der Waals surface area contributed by atoms with Crippen molar-refractivity contribution in [2.75, 3.05) is 0 Å². The summed E-state index contributed by atoms with van der Waals surface area (Å²) in [6.07, 6.45) is 11.2. The topological polar surface area (TPSA) is 55.4 Å². The normalized spacial score (nSPS) is 36.4. The van der Waals surface area contributed by atoms with Gasteiger partial charge in [0.2, 0.25) is 0 Å². The molecule has 1 N–H and O–H groups in total. The molecule has 0 saturated heterocycles. The molecule has 0 aliphatic heterocycles. The van der Waals surface area contributed by atoms with Crippen molar-refractivity contribution in [3.8, 4) is 0 Å². The zero-order chi connectivity index (χ0) is 25.6. The molecule has 6 rings (SSSR count). The average Bonchev–Trinajstić information content (AvgIpc) is 3.25. The number of fused-ring (bicyclic) bond motifs is 5. The summed E-state index contributed by atoms with van der Waals surface area (Å²) >= 11 is 0. The third kappa shape index (κ3) is 4.23. The molecule has 0 radical (unpaired) electrons. The number of ether oxygens (including phenoxy) is 1. The summed E-state index contributed by atoms with van der Waals surface area (Å²) in [7, 11) is 0. The number of hydrogen-bond acceptors (Lipinski definition) is 3. The zero-order valence-electron chi connectivity index (χ0n) is 22.1. The van der Waals surface area contributed by atoms with Crippen molar-refractivity contribution < 1.29 is 14.3 Å². The summed E-state index contributed by atoms with van der Waals surface area (Å²) < 4.78 is 5.96. The summed E-state index contributed by atoms with van der Waals surface area (Å²) in [6, 6.07) is 19.2. The highest BCUT2D eigenvalue weighted by Crippen LogP contribution is 2.65. The lowest BCUT2D eigenvalue weighted by molar-refractivity contribution is -0.0462. The number of hydrogen-bond donors (Lipinski definition) is 1. The van der Waals surface area contributed by atoms with E-state index in [4.69, 9.17) is 4.74 Å². The standard InChI is InChI=1S/C33H39NO3/c1-32-19-17-25(37-31(36)23-11-7-4-8-12-23)21-24(32)13-14-26-27-15-16-29(33(27,2)20-18-28(26)32)34-30(35)22-9-5-3-6-10-22/h3-13,25-29H,14-21H2,1-2H3,(H,34,35)/t25-,26?,27?,28?,29-,32-,33-/m0/s1. The maximum absolute atomic E-state index is 13.0. The van der Waals surface area contributed by atoms with E-state index in [0.29, 0.717) is 23.3 Å². The van der Waals surface area contributed by atoms with E-state index in [-0.39, 0.29) is 34.9 Å². The van der Waals surface area contributed by atoms with Crippen LogP contribution in [0.15, 0.2) is 72.3 Å². The quantitative estimate of drug-likeness (QED) is 0.366. The van der Waals surface area contributed by atoms with Gasteiger partial charge in [-0.3, -0.25) is 4.79 Å². The van der Waals surface area contributed by atoms with Gasteiger partial charge in [0, 0.05) is 18.0 Å². The smallest absolute Gasteiger partial charge is 0.338 e. The minimum absolute atomic E-state index is 0.0264. The molecule has 3 unspecified atom stereocenters. The second-order valence-corrected chi connectivity index (χ2v) is 12.4. The Morgan fingerprint density at radius 1 is 0.838 bits per heavy atom. The van der Waals surface area contributed by atoms with Gasteiger partial charge in [-0.2, -0.15) is 0 Å². The van der Waals surface area contributed by atoms with Crippen molar-refractivity contribution in [2.45, 2.75) is 77.4 Å². The second-order valence-electron chi connectivity index (χ2n) is 12.4. The molecule has 194 valence electrons. The molecule has 2 aromatic carbocycles. The fraction of sp³-hybridized carbons (Fsp3) is 0.515.